The molecule has 4 unspecified atom stereocenters. The Labute approximate surface area is 212 Å². The van der Waals surface area contributed by atoms with Crippen molar-refractivity contribution in [3.05, 3.63) is 95.1 Å². The summed E-state index contributed by atoms with van der Waals surface area (Å²) < 4.78 is 11.8. The third-order valence-corrected chi connectivity index (χ3v) is 7.90. The van der Waals surface area contributed by atoms with Gasteiger partial charge in [-0.3, -0.25) is 4.79 Å². The van der Waals surface area contributed by atoms with Gasteiger partial charge in [0.05, 0.1) is 12.5 Å². The second-order valence-corrected chi connectivity index (χ2v) is 10.1. The molecule has 4 atom stereocenters. The van der Waals surface area contributed by atoms with Crippen LogP contribution in [0.15, 0.2) is 72.8 Å². The zero-order chi connectivity index (χ0) is 25.3. The van der Waals surface area contributed by atoms with Gasteiger partial charge in [-0.05, 0) is 58.9 Å². The van der Waals surface area contributed by atoms with Gasteiger partial charge in [0.2, 0.25) is 0 Å². The fraction of sp³-hybridized carbons (Fsp3) is 0.387. The number of carbonyl (C=O) groups is 1. The number of rotatable bonds is 9. The lowest BCUT2D eigenvalue weighted by atomic mass is 9.54. The summed E-state index contributed by atoms with van der Waals surface area (Å²) in [5.41, 5.74) is -0.768. The number of fused-ring (bicyclic) bond motifs is 1. The average Bonchev–Trinajstić information content (AvgIpc) is 2.91. The highest BCUT2D eigenvalue weighted by molar-refractivity contribution is 5.79. The Morgan fingerprint density at radius 3 is 2.33 bits per heavy atom. The van der Waals surface area contributed by atoms with Crippen molar-refractivity contribution in [3.63, 3.8) is 0 Å². The predicted molar refractivity (Wildman–Crippen MR) is 138 cm³/mol. The number of esters is 1. The van der Waals surface area contributed by atoms with Gasteiger partial charge >= 0.3 is 5.97 Å². The highest BCUT2D eigenvalue weighted by Gasteiger charge is 2.62. The second kappa shape index (κ2) is 9.72. The summed E-state index contributed by atoms with van der Waals surface area (Å²) in [6, 6.07) is 22.0. The Kier molecular flexibility index (Phi) is 6.62. The molecule has 0 aliphatic heterocycles. The van der Waals surface area contributed by atoms with Gasteiger partial charge in [0, 0.05) is 6.42 Å². The Hall–Kier alpha value is -3.15. The summed E-state index contributed by atoms with van der Waals surface area (Å²) in [5, 5.41) is 24.4. The summed E-state index contributed by atoms with van der Waals surface area (Å²) in [7, 11) is 0. The number of benzene rings is 3. The van der Waals surface area contributed by atoms with Crippen molar-refractivity contribution in [2.75, 3.05) is 6.61 Å². The summed E-state index contributed by atoms with van der Waals surface area (Å²) in [6.07, 6.45) is 4.19. The van der Waals surface area contributed by atoms with Gasteiger partial charge in [0.1, 0.15) is 22.7 Å². The van der Waals surface area contributed by atoms with E-state index in [0.29, 0.717) is 46.3 Å². The first-order valence-electron chi connectivity index (χ1n) is 13.0. The molecule has 0 saturated heterocycles. The molecule has 0 amide bonds. The lowest BCUT2D eigenvalue weighted by Gasteiger charge is -2.53. The monoisotopic (exact) mass is 486 g/mol. The minimum absolute atomic E-state index is 0.0485. The van der Waals surface area contributed by atoms with Crippen LogP contribution in [-0.2, 0) is 20.7 Å². The highest BCUT2D eigenvalue weighted by Crippen LogP contribution is 2.60. The molecule has 2 N–H and O–H groups in total. The zero-order valence-electron chi connectivity index (χ0n) is 20.9. The topological polar surface area (TPSA) is 76.0 Å². The highest BCUT2D eigenvalue weighted by atomic mass is 16.5. The van der Waals surface area contributed by atoms with E-state index in [9.17, 15) is 15.0 Å². The van der Waals surface area contributed by atoms with Crippen LogP contribution in [0, 0.1) is 11.8 Å². The third-order valence-electron chi connectivity index (χ3n) is 7.90. The van der Waals surface area contributed by atoms with Gasteiger partial charge in [0.15, 0.2) is 0 Å². The molecule has 0 saturated carbocycles. The maximum Gasteiger partial charge on any atom is 0.312 e. The number of hydrogen-bond acceptors (Lipinski definition) is 5. The lowest BCUT2D eigenvalue weighted by Crippen LogP contribution is -2.57. The van der Waals surface area contributed by atoms with Crippen molar-refractivity contribution >= 4 is 5.97 Å². The first kappa shape index (κ1) is 24.5. The molecule has 6 rings (SSSR count). The Bertz CT molecular complexity index is 1240. The molecular formula is C31H34O5. The molecule has 36 heavy (non-hydrogen) atoms. The van der Waals surface area contributed by atoms with E-state index < -0.39 is 23.1 Å². The normalized spacial score (nSPS) is 24.5. The second-order valence-electron chi connectivity index (χ2n) is 10.1. The Balaban J connectivity index is 1.50. The molecule has 0 aromatic heterocycles. The summed E-state index contributed by atoms with van der Waals surface area (Å²) in [4.78, 5) is 13.4. The standard InChI is InChI=1S/C31H34O5/c1-3-5-11-21(4-2)20-35-29(32)28-19-30(33)24-14-9-10-15-25(24)31(28,34)26-17-16-23(18-27(26)30)36-22-12-7-6-8-13-22/h6-10,12-18,21,28,33-34H,3-5,11,19-20H2,1-2H3. The number of para-hydroxylation sites is 1. The van der Waals surface area contributed by atoms with Gasteiger partial charge in [-0.2, -0.15) is 0 Å². The van der Waals surface area contributed by atoms with Gasteiger partial charge < -0.3 is 19.7 Å². The van der Waals surface area contributed by atoms with Crippen molar-refractivity contribution in [1.29, 1.82) is 0 Å². The molecule has 188 valence electrons. The predicted octanol–water partition coefficient (Wildman–Crippen LogP) is 6.04. The number of aliphatic hydroxyl groups is 2. The van der Waals surface area contributed by atoms with E-state index in [-0.39, 0.29) is 6.42 Å². The smallest absolute Gasteiger partial charge is 0.312 e. The van der Waals surface area contributed by atoms with Crippen LogP contribution in [0.25, 0.3) is 0 Å². The molecule has 0 radical (unpaired) electrons. The molecule has 0 fully saturated rings. The molecule has 5 heteroatoms. The molecule has 3 aromatic carbocycles. The molecule has 5 nitrogen and oxygen atoms in total. The van der Waals surface area contributed by atoms with Crippen LogP contribution < -0.4 is 4.74 Å². The van der Waals surface area contributed by atoms with E-state index in [1.54, 1.807) is 24.3 Å². The van der Waals surface area contributed by atoms with Crippen LogP contribution >= 0.6 is 0 Å². The van der Waals surface area contributed by atoms with Gasteiger partial charge in [-0.25, -0.2) is 0 Å². The van der Waals surface area contributed by atoms with E-state index in [1.807, 2.05) is 48.5 Å². The van der Waals surface area contributed by atoms with Gasteiger partial charge in [0.25, 0.3) is 0 Å². The molecule has 3 aliphatic rings. The largest absolute Gasteiger partial charge is 0.465 e. The molecule has 0 heterocycles. The third kappa shape index (κ3) is 4.00. The van der Waals surface area contributed by atoms with Crippen molar-refractivity contribution < 1.29 is 24.5 Å². The molecule has 3 aliphatic carbocycles. The molecule has 2 bridgehead atoms. The van der Waals surface area contributed by atoms with Crippen LogP contribution in [0.1, 0.15) is 68.2 Å². The van der Waals surface area contributed by atoms with E-state index in [4.69, 9.17) is 9.47 Å². The van der Waals surface area contributed by atoms with Crippen LogP contribution in [0.2, 0.25) is 0 Å². The van der Waals surface area contributed by atoms with Crippen LogP contribution in [0.4, 0.5) is 0 Å². The minimum atomic E-state index is -1.59. The molecule has 0 spiro atoms. The summed E-state index contributed by atoms with van der Waals surface area (Å²) >= 11 is 0. The van der Waals surface area contributed by atoms with Crippen molar-refractivity contribution in [2.24, 2.45) is 11.8 Å². The first-order valence-corrected chi connectivity index (χ1v) is 13.0. The fourth-order valence-corrected chi connectivity index (χ4v) is 5.84. The van der Waals surface area contributed by atoms with Crippen LogP contribution in [0.3, 0.4) is 0 Å². The number of hydrogen-bond donors (Lipinski definition) is 2. The van der Waals surface area contributed by atoms with Crippen LogP contribution in [-0.4, -0.2) is 22.8 Å². The lowest BCUT2D eigenvalue weighted by molar-refractivity contribution is -0.168. The van der Waals surface area contributed by atoms with E-state index in [2.05, 4.69) is 13.8 Å². The van der Waals surface area contributed by atoms with Gasteiger partial charge in [-0.15, -0.1) is 0 Å². The van der Waals surface area contributed by atoms with E-state index >= 15 is 0 Å². The molecular weight excluding hydrogens is 452 g/mol. The maximum atomic E-state index is 13.4. The summed E-state index contributed by atoms with van der Waals surface area (Å²) in [6.45, 7) is 4.59. The number of ether oxygens (including phenoxy) is 2. The molecule has 3 aromatic rings. The number of carbonyl (C=O) groups excluding carboxylic acids is 1. The van der Waals surface area contributed by atoms with Crippen molar-refractivity contribution in [2.45, 2.75) is 57.2 Å². The Morgan fingerprint density at radius 2 is 1.61 bits per heavy atom. The van der Waals surface area contributed by atoms with E-state index in [0.717, 1.165) is 25.7 Å². The first-order chi connectivity index (χ1) is 17.4. The van der Waals surface area contributed by atoms with Crippen molar-refractivity contribution in [1.82, 2.24) is 0 Å². The fourth-order valence-electron chi connectivity index (χ4n) is 5.84. The van der Waals surface area contributed by atoms with Gasteiger partial charge in [-0.1, -0.05) is 81.6 Å². The minimum Gasteiger partial charge on any atom is -0.465 e. The summed E-state index contributed by atoms with van der Waals surface area (Å²) in [5.74, 6) is 0.164. The maximum absolute atomic E-state index is 13.4. The number of unbranched alkanes of at least 4 members (excludes halogenated alkanes) is 1. The van der Waals surface area contributed by atoms with E-state index in [1.165, 1.54) is 0 Å². The SMILES string of the molecule is CCCCC(CC)COC(=O)C1CC2(O)c3ccccc3C1(O)c1ccc(Oc3ccccc3)cc12. The van der Waals surface area contributed by atoms with Crippen LogP contribution in [0.5, 0.6) is 11.5 Å². The average molecular weight is 487 g/mol. The van der Waals surface area contributed by atoms with Crippen molar-refractivity contribution in [3.8, 4) is 11.5 Å². The quantitative estimate of drug-likeness (QED) is 0.361. The Morgan fingerprint density at radius 1 is 0.917 bits per heavy atom. The zero-order valence-corrected chi connectivity index (χ0v) is 20.9.